The molecule has 136 valence electrons. The molecule has 0 saturated carbocycles. The second kappa shape index (κ2) is 8.70. The molecule has 0 atom stereocenters. The Morgan fingerprint density at radius 1 is 0.960 bits per heavy atom. The summed E-state index contributed by atoms with van der Waals surface area (Å²) in [6.45, 7) is 2.93. The quantitative estimate of drug-likeness (QED) is 0.860. The fourth-order valence-corrected chi connectivity index (χ4v) is 3.53. The van der Waals surface area contributed by atoms with E-state index in [-0.39, 0.29) is 12.4 Å². The molecule has 2 aromatic rings. The predicted molar refractivity (Wildman–Crippen MR) is 103 cm³/mol. The number of benzene rings is 2. The Morgan fingerprint density at radius 3 is 2.00 bits per heavy atom. The molecule has 2 aromatic carbocycles. The first-order valence-electron chi connectivity index (χ1n) is 8.26. The van der Waals surface area contributed by atoms with Crippen molar-refractivity contribution in [2.45, 2.75) is 17.7 Å². The normalized spacial score (nSPS) is 15.4. The standard InChI is InChI=1S/C19H23NO3S.ClH/c1-24(21,22)19-8-4-17(5-9-19)16-2-6-18(7-3-16)23-14-15-10-12-20-13-11-15;/h2-9,15,20H,10-14H2,1H3;1H. The van der Waals surface area contributed by atoms with Crippen LogP contribution in [0.2, 0.25) is 0 Å². The van der Waals surface area contributed by atoms with Crippen molar-refractivity contribution in [2.75, 3.05) is 26.0 Å². The SMILES string of the molecule is CS(=O)(=O)c1ccc(-c2ccc(OCC3CCNCC3)cc2)cc1.Cl. The highest BCUT2D eigenvalue weighted by atomic mass is 35.5. The molecule has 4 nitrogen and oxygen atoms in total. The number of rotatable bonds is 5. The van der Waals surface area contributed by atoms with Crippen LogP contribution in [0.4, 0.5) is 0 Å². The van der Waals surface area contributed by atoms with Gasteiger partial charge in [-0.1, -0.05) is 24.3 Å². The predicted octanol–water partition coefficient (Wildman–Crippen LogP) is 3.56. The molecule has 0 aliphatic carbocycles. The van der Waals surface area contributed by atoms with E-state index >= 15 is 0 Å². The summed E-state index contributed by atoms with van der Waals surface area (Å²) in [5.41, 5.74) is 2.04. The third-order valence-corrected chi connectivity index (χ3v) is 5.54. The van der Waals surface area contributed by atoms with E-state index in [4.69, 9.17) is 4.74 Å². The molecule has 0 spiro atoms. The van der Waals surface area contributed by atoms with Crippen molar-refractivity contribution in [3.05, 3.63) is 48.5 Å². The molecule has 0 radical (unpaired) electrons. The van der Waals surface area contributed by atoms with Crippen LogP contribution in [0, 0.1) is 5.92 Å². The van der Waals surface area contributed by atoms with Crippen LogP contribution in [0.3, 0.4) is 0 Å². The summed E-state index contributed by atoms with van der Waals surface area (Å²) >= 11 is 0. The average molecular weight is 382 g/mol. The van der Waals surface area contributed by atoms with E-state index in [0.29, 0.717) is 10.8 Å². The molecular formula is C19H24ClNO3S. The van der Waals surface area contributed by atoms with Gasteiger partial charge in [0, 0.05) is 6.26 Å². The number of hydrogen-bond acceptors (Lipinski definition) is 4. The van der Waals surface area contributed by atoms with E-state index < -0.39 is 9.84 Å². The lowest BCUT2D eigenvalue weighted by Crippen LogP contribution is -2.30. The Kier molecular flexibility index (Phi) is 6.87. The van der Waals surface area contributed by atoms with E-state index in [0.717, 1.165) is 36.6 Å². The third-order valence-electron chi connectivity index (χ3n) is 4.41. The molecule has 1 N–H and O–H groups in total. The minimum Gasteiger partial charge on any atom is -0.493 e. The van der Waals surface area contributed by atoms with E-state index in [9.17, 15) is 8.42 Å². The van der Waals surface area contributed by atoms with Crippen molar-refractivity contribution in [3.63, 3.8) is 0 Å². The van der Waals surface area contributed by atoms with Crippen molar-refractivity contribution in [2.24, 2.45) is 5.92 Å². The van der Waals surface area contributed by atoms with Crippen LogP contribution < -0.4 is 10.1 Å². The van der Waals surface area contributed by atoms with Crippen LogP contribution >= 0.6 is 12.4 Å². The molecule has 0 bridgehead atoms. The smallest absolute Gasteiger partial charge is 0.175 e. The van der Waals surface area contributed by atoms with Gasteiger partial charge in [0.25, 0.3) is 0 Å². The van der Waals surface area contributed by atoms with Gasteiger partial charge in [-0.05, 0) is 67.2 Å². The molecular weight excluding hydrogens is 358 g/mol. The Balaban J connectivity index is 0.00000225. The molecule has 1 heterocycles. The summed E-state index contributed by atoms with van der Waals surface area (Å²) in [5.74, 6) is 1.51. The maximum absolute atomic E-state index is 11.5. The maximum atomic E-state index is 11.5. The third kappa shape index (κ3) is 5.46. The highest BCUT2D eigenvalue weighted by molar-refractivity contribution is 7.90. The monoisotopic (exact) mass is 381 g/mol. The molecule has 3 rings (SSSR count). The Labute approximate surface area is 155 Å². The number of sulfone groups is 1. The zero-order valence-electron chi connectivity index (χ0n) is 14.3. The Morgan fingerprint density at radius 2 is 1.48 bits per heavy atom. The van der Waals surface area contributed by atoms with E-state index in [1.165, 1.54) is 19.1 Å². The fraction of sp³-hybridized carbons (Fsp3) is 0.368. The van der Waals surface area contributed by atoms with Crippen molar-refractivity contribution in [1.82, 2.24) is 5.32 Å². The number of nitrogens with one attached hydrogen (secondary N) is 1. The molecule has 25 heavy (non-hydrogen) atoms. The van der Waals surface area contributed by atoms with Crippen LogP contribution in [-0.4, -0.2) is 34.4 Å². The minimum atomic E-state index is -3.15. The number of ether oxygens (including phenoxy) is 1. The Hall–Kier alpha value is -1.56. The summed E-state index contributed by atoms with van der Waals surface area (Å²) in [5, 5.41) is 3.36. The highest BCUT2D eigenvalue weighted by Crippen LogP contribution is 2.24. The summed E-state index contributed by atoms with van der Waals surface area (Å²) in [6.07, 6.45) is 3.56. The van der Waals surface area contributed by atoms with Gasteiger partial charge >= 0.3 is 0 Å². The Bertz CT molecular complexity index is 767. The summed E-state index contributed by atoms with van der Waals surface area (Å²) in [7, 11) is -3.15. The first-order chi connectivity index (χ1) is 11.5. The molecule has 1 saturated heterocycles. The largest absolute Gasteiger partial charge is 0.493 e. The summed E-state index contributed by atoms with van der Waals surface area (Å²) < 4.78 is 28.9. The van der Waals surface area contributed by atoms with Crippen molar-refractivity contribution >= 4 is 22.2 Å². The van der Waals surface area contributed by atoms with Gasteiger partial charge in [-0.2, -0.15) is 0 Å². The van der Waals surface area contributed by atoms with Crippen LogP contribution in [0.25, 0.3) is 11.1 Å². The molecule has 0 unspecified atom stereocenters. The summed E-state index contributed by atoms with van der Waals surface area (Å²) in [6, 6.07) is 14.9. The van der Waals surface area contributed by atoms with Crippen LogP contribution in [0.1, 0.15) is 12.8 Å². The molecule has 6 heteroatoms. The van der Waals surface area contributed by atoms with Crippen molar-refractivity contribution in [1.29, 1.82) is 0 Å². The lowest BCUT2D eigenvalue weighted by atomic mass is 9.99. The van der Waals surface area contributed by atoms with Gasteiger partial charge in [0.1, 0.15) is 5.75 Å². The van der Waals surface area contributed by atoms with Crippen molar-refractivity contribution in [3.8, 4) is 16.9 Å². The number of piperidine rings is 1. The van der Waals surface area contributed by atoms with Gasteiger partial charge in [0.05, 0.1) is 11.5 Å². The minimum absolute atomic E-state index is 0. The molecule has 1 aliphatic rings. The maximum Gasteiger partial charge on any atom is 0.175 e. The van der Waals surface area contributed by atoms with Gasteiger partial charge in [-0.25, -0.2) is 8.42 Å². The first kappa shape index (κ1) is 19.8. The van der Waals surface area contributed by atoms with Crippen molar-refractivity contribution < 1.29 is 13.2 Å². The van der Waals surface area contributed by atoms with E-state index in [1.807, 2.05) is 36.4 Å². The van der Waals surface area contributed by atoms with Crippen LogP contribution in [0.5, 0.6) is 5.75 Å². The van der Waals surface area contributed by atoms with Gasteiger partial charge < -0.3 is 10.1 Å². The molecule has 0 amide bonds. The second-order valence-corrected chi connectivity index (χ2v) is 8.34. The van der Waals surface area contributed by atoms with Gasteiger partial charge in [0.2, 0.25) is 0 Å². The van der Waals surface area contributed by atoms with Crippen LogP contribution in [0.15, 0.2) is 53.4 Å². The second-order valence-electron chi connectivity index (χ2n) is 6.33. The van der Waals surface area contributed by atoms with Gasteiger partial charge in [0.15, 0.2) is 9.84 Å². The van der Waals surface area contributed by atoms with Gasteiger partial charge in [-0.3, -0.25) is 0 Å². The lowest BCUT2D eigenvalue weighted by Gasteiger charge is -2.22. The number of hydrogen-bond donors (Lipinski definition) is 1. The average Bonchev–Trinajstić information content (AvgIpc) is 2.61. The van der Waals surface area contributed by atoms with Gasteiger partial charge in [-0.15, -0.1) is 12.4 Å². The molecule has 0 aromatic heterocycles. The fourth-order valence-electron chi connectivity index (χ4n) is 2.90. The topological polar surface area (TPSA) is 55.4 Å². The zero-order chi connectivity index (χ0) is 17.0. The number of halogens is 1. The first-order valence-corrected chi connectivity index (χ1v) is 10.2. The molecule has 1 fully saturated rings. The van der Waals surface area contributed by atoms with E-state index in [2.05, 4.69) is 5.32 Å². The highest BCUT2D eigenvalue weighted by Gasteiger charge is 2.13. The van der Waals surface area contributed by atoms with Crippen LogP contribution in [-0.2, 0) is 9.84 Å². The summed E-state index contributed by atoms with van der Waals surface area (Å²) in [4.78, 5) is 0.341. The van der Waals surface area contributed by atoms with E-state index in [1.54, 1.807) is 12.1 Å². The zero-order valence-corrected chi connectivity index (χ0v) is 15.9. The lowest BCUT2D eigenvalue weighted by molar-refractivity contribution is 0.215. The molecule has 1 aliphatic heterocycles.